The quantitative estimate of drug-likeness (QED) is 0.542. The fraction of sp³-hybridized carbons (Fsp3) is 0.920. The molecule has 150 valence electrons. The van der Waals surface area contributed by atoms with Crippen molar-refractivity contribution < 1.29 is 0 Å². The number of hydrogen-bond acceptors (Lipinski definition) is 2. The number of aliphatic imine (C=N–C) groups is 2. The maximum absolute atomic E-state index is 5.39. The van der Waals surface area contributed by atoms with Crippen LogP contribution in [-0.4, -0.2) is 23.5 Å². The van der Waals surface area contributed by atoms with E-state index >= 15 is 0 Å². The standard InChI is InChI=1S/C25H40N2/c1-7-24-11-9-16(22(24,3)4)13-20(24)26-18-15-19(18)27-21-14-17-10-12-25(21,8-2)23(17,5)6/h16-19H,7-15H2,1-6H3/t16?,17?,18-,19?,24?,25?/m0/s1. The molecule has 5 unspecified atom stereocenters. The van der Waals surface area contributed by atoms with Crippen LogP contribution >= 0.6 is 0 Å². The normalized spacial score (nSPS) is 51.6. The maximum Gasteiger partial charge on any atom is 0.0744 e. The summed E-state index contributed by atoms with van der Waals surface area (Å²) in [7, 11) is 0. The molecule has 2 nitrogen and oxygen atoms in total. The molecular formula is C25H40N2. The molecule has 0 aliphatic heterocycles. The Kier molecular flexibility index (Phi) is 3.73. The highest BCUT2D eigenvalue weighted by atomic mass is 15.0. The van der Waals surface area contributed by atoms with Crippen LogP contribution in [-0.2, 0) is 0 Å². The second-order valence-corrected chi connectivity index (χ2v) is 11.7. The molecule has 27 heavy (non-hydrogen) atoms. The third-order valence-corrected chi connectivity index (χ3v) is 10.9. The molecule has 0 saturated heterocycles. The molecule has 0 radical (unpaired) electrons. The lowest BCUT2D eigenvalue weighted by Crippen LogP contribution is -2.35. The third kappa shape index (κ3) is 2.09. The predicted octanol–water partition coefficient (Wildman–Crippen LogP) is 6.48. The Morgan fingerprint density at radius 3 is 1.48 bits per heavy atom. The summed E-state index contributed by atoms with van der Waals surface area (Å²) in [5.41, 5.74) is 4.87. The lowest BCUT2D eigenvalue weighted by molar-refractivity contribution is 0.170. The molecule has 5 fully saturated rings. The molecule has 0 aromatic rings. The highest BCUT2D eigenvalue weighted by Gasteiger charge is 2.63. The van der Waals surface area contributed by atoms with Crippen molar-refractivity contribution in [1.82, 2.24) is 0 Å². The van der Waals surface area contributed by atoms with Crippen LogP contribution in [0.3, 0.4) is 0 Å². The first-order valence-corrected chi connectivity index (χ1v) is 11.9. The monoisotopic (exact) mass is 368 g/mol. The molecule has 5 aliphatic carbocycles. The summed E-state index contributed by atoms with van der Waals surface area (Å²) in [5.74, 6) is 1.74. The zero-order chi connectivity index (χ0) is 19.2. The average molecular weight is 369 g/mol. The first-order chi connectivity index (χ1) is 12.7. The smallest absolute Gasteiger partial charge is 0.0744 e. The van der Waals surface area contributed by atoms with Crippen molar-refractivity contribution in [3.05, 3.63) is 0 Å². The Labute approximate surface area is 166 Å². The fourth-order valence-corrected chi connectivity index (χ4v) is 8.47. The van der Waals surface area contributed by atoms with Crippen LogP contribution in [0, 0.1) is 33.5 Å². The summed E-state index contributed by atoms with van der Waals surface area (Å²) in [6, 6.07) is 1.00. The Bertz CT molecular complexity index is 654. The minimum Gasteiger partial charge on any atom is -0.288 e. The van der Waals surface area contributed by atoms with E-state index in [9.17, 15) is 0 Å². The van der Waals surface area contributed by atoms with E-state index in [2.05, 4.69) is 41.5 Å². The van der Waals surface area contributed by atoms with Crippen molar-refractivity contribution in [2.24, 2.45) is 43.5 Å². The van der Waals surface area contributed by atoms with Gasteiger partial charge >= 0.3 is 0 Å². The van der Waals surface area contributed by atoms with Gasteiger partial charge in [-0.15, -0.1) is 0 Å². The first-order valence-electron chi connectivity index (χ1n) is 11.9. The van der Waals surface area contributed by atoms with Crippen molar-refractivity contribution >= 4 is 11.4 Å². The highest BCUT2D eigenvalue weighted by Crippen LogP contribution is 2.67. The summed E-state index contributed by atoms with van der Waals surface area (Å²) in [6.45, 7) is 14.9. The molecule has 2 heteroatoms. The Morgan fingerprint density at radius 2 is 1.15 bits per heavy atom. The molecule has 0 amide bonds. The van der Waals surface area contributed by atoms with E-state index in [0.717, 1.165) is 11.8 Å². The van der Waals surface area contributed by atoms with E-state index in [1.54, 1.807) is 11.4 Å². The predicted molar refractivity (Wildman–Crippen MR) is 115 cm³/mol. The second-order valence-electron chi connectivity index (χ2n) is 11.7. The topological polar surface area (TPSA) is 24.7 Å². The van der Waals surface area contributed by atoms with Crippen LogP contribution in [0.15, 0.2) is 9.98 Å². The third-order valence-electron chi connectivity index (χ3n) is 10.9. The summed E-state index contributed by atoms with van der Waals surface area (Å²) in [6.07, 6.45) is 11.9. The zero-order valence-electron chi connectivity index (χ0n) is 18.6. The lowest BCUT2D eigenvalue weighted by atomic mass is 9.67. The van der Waals surface area contributed by atoms with Crippen molar-refractivity contribution in [2.75, 3.05) is 0 Å². The lowest BCUT2D eigenvalue weighted by Gasteiger charge is -2.38. The SMILES string of the molecule is CCC12CCC(CC1=NC1C[C@@H]1N=C1CC3CCC1(CC)C3(C)C)C2(C)C. The number of nitrogens with zero attached hydrogens (tertiary/aromatic N) is 2. The average Bonchev–Trinajstić information content (AvgIpc) is 3.10. The van der Waals surface area contributed by atoms with Crippen molar-refractivity contribution in [1.29, 1.82) is 0 Å². The first kappa shape index (κ1) is 18.4. The molecule has 5 aliphatic rings. The molecule has 6 atom stereocenters. The van der Waals surface area contributed by atoms with E-state index in [1.165, 1.54) is 57.8 Å². The molecule has 0 N–H and O–H groups in total. The Balaban J connectivity index is 1.37. The number of fused-ring (bicyclic) bond motifs is 4. The van der Waals surface area contributed by atoms with Gasteiger partial charge in [-0.3, -0.25) is 9.98 Å². The van der Waals surface area contributed by atoms with Crippen LogP contribution in [0.2, 0.25) is 0 Å². The molecule has 0 heterocycles. The van der Waals surface area contributed by atoms with Gasteiger partial charge in [-0.05, 0) is 80.5 Å². The van der Waals surface area contributed by atoms with Gasteiger partial charge in [0.05, 0.1) is 12.1 Å². The van der Waals surface area contributed by atoms with E-state index in [4.69, 9.17) is 9.98 Å². The largest absolute Gasteiger partial charge is 0.288 e. The van der Waals surface area contributed by atoms with Gasteiger partial charge in [0.1, 0.15) is 0 Å². The molecular weight excluding hydrogens is 328 g/mol. The molecule has 0 aromatic carbocycles. The minimum atomic E-state index is 0.400. The van der Waals surface area contributed by atoms with E-state index in [1.807, 2.05) is 0 Å². The molecule has 5 saturated carbocycles. The van der Waals surface area contributed by atoms with Crippen molar-refractivity contribution in [3.8, 4) is 0 Å². The van der Waals surface area contributed by atoms with E-state index < -0.39 is 0 Å². The molecule has 4 bridgehead atoms. The zero-order valence-corrected chi connectivity index (χ0v) is 18.6. The van der Waals surface area contributed by atoms with Crippen LogP contribution in [0.4, 0.5) is 0 Å². The van der Waals surface area contributed by atoms with Crippen LogP contribution in [0.5, 0.6) is 0 Å². The fourth-order valence-electron chi connectivity index (χ4n) is 8.47. The summed E-state index contributed by atoms with van der Waals surface area (Å²) in [5, 5.41) is 0. The van der Waals surface area contributed by atoms with Gasteiger partial charge in [0.2, 0.25) is 0 Å². The van der Waals surface area contributed by atoms with Crippen LogP contribution < -0.4 is 0 Å². The van der Waals surface area contributed by atoms with Gasteiger partial charge in [0, 0.05) is 22.3 Å². The van der Waals surface area contributed by atoms with E-state index in [0.29, 0.717) is 33.7 Å². The van der Waals surface area contributed by atoms with Gasteiger partial charge < -0.3 is 0 Å². The molecule has 5 rings (SSSR count). The Morgan fingerprint density at radius 1 is 0.741 bits per heavy atom. The summed E-state index contributed by atoms with van der Waals surface area (Å²) in [4.78, 5) is 10.8. The van der Waals surface area contributed by atoms with Gasteiger partial charge in [0.25, 0.3) is 0 Å². The van der Waals surface area contributed by atoms with Gasteiger partial charge in [-0.25, -0.2) is 0 Å². The van der Waals surface area contributed by atoms with Crippen molar-refractivity contribution in [2.45, 2.75) is 111 Å². The number of rotatable bonds is 4. The summed E-state index contributed by atoms with van der Waals surface area (Å²) >= 11 is 0. The second kappa shape index (κ2) is 5.48. The minimum absolute atomic E-state index is 0.400. The van der Waals surface area contributed by atoms with Crippen molar-refractivity contribution in [3.63, 3.8) is 0 Å². The molecule has 0 aromatic heterocycles. The van der Waals surface area contributed by atoms with Gasteiger partial charge in [0.15, 0.2) is 0 Å². The van der Waals surface area contributed by atoms with Gasteiger partial charge in [-0.1, -0.05) is 41.5 Å². The Hall–Kier alpha value is -0.660. The molecule has 0 spiro atoms. The van der Waals surface area contributed by atoms with Crippen LogP contribution in [0.1, 0.15) is 99.3 Å². The van der Waals surface area contributed by atoms with Crippen LogP contribution in [0.25, 0.3) is 0 Å². The summed E-state index contributed by atoms with van der Waals surface area (Å²) < 4.78 is 0. The van der Waals surface area contributed by atoms with E-state index in [-0.39, 0.29) is 0 Å². The maximum atomic E-state index is 5.39. The highest BCUT2D eigenvalue weighted by molar-refractivity contribution is 5.96. The van der Waals surface area contributed by atoms with Gasteiger partial charge in [-0.2, -0.15) is 0 Å². The number of hydrogen-bond donors (Lipinski definition) is 0.